The molecule has 2 aliphatic rings. The van der Waals surface area contributed by atoms with E-state index in [1.165, 1.54) is 66.7 Å². The highest BCUT2D eigenvalue weighted by Gasteiger charge is 2.35. The molecule has 2 aliphatic carbocycles. The molecule has 7 rings (SSSR count). The third kappa shape index (κ3) is 9.43. The van der Waals surface area contributed by atoms with Crippen molar-refractivity contribution in [2.75, 3.05) is 28.6 Å². The van der Waals surface area contributed by atoms with Crippen LogP contribution in [0.1, 0.15) is 31.8 Å². The molecule has 0 unspecified atom stereocenters. The minimum atomic E-state index is -5.12. The van der Waals surface area contributed by atoms with Gasteiger partial charge in [0.1, 0.15) is 15.6 Å². The van der Waals surface area contributed by atoms with Crippen LogP contribution in [0, 0.1) is 0 Å². The van der Waals surface area contributed by atoms with Crippen molar-refractivity contribution in [2.45, 2.75) is 9.79 Å². The Morgan fingerprint density at radius 2 is 0.984 bits per heavy atom. The number of hydrazone groups is 2. The Hall–Kier alpha value is -7.17. The van der Waals surface area contributed by atoms with Gasteiger partial charge in [-0.15, -0.1) is 0 Å². The summed E-state index contributed by atoms with van der Waals surface area (Å²) >= 11 is 0. The number of benzene rings is 5. The molecule has 5 aromatic rings. The van der Waals surface area contributed by atoms with E-state index in [9.17, 15) is 66.3 Å². The Morgan fingerprint density at radius 3 is 1.48 bits per heavy atom. The zero-order valence-corrected chi connectivity index (χ0v) is 35.3. The predicted octanol–water partition coefficient (Wildman–Crippen LogP) is 4.77. The van der Waals surface area contributed by atoms with E-state index in [0.29, 0.717) is 10.8 Å². The van der Waals surface area contributed by atoms with Crippen LogP contribution in [0.3, 0.4) is 0 Å². The van der Waals surface area contributed by atoms with Crippen molar-refractivity contribution in [3.63, 3.8) is 0 Å². The van der Waals surface area contributed by atoms with Gasteiger partial charge in [0.25, 0.3) is 40.5 Å². The normalized spacial score (nSPS) is 15.5. The number of allylic oxidation sites excluding steroid dienone is 2. The molecule has 26 heteroatoms. The Bertz CT molecular complexity index is 3490. The van der Waals surface area contributed by atoms with E-state index >= 15 is 0 Å². The fourth-order valence-electron chi connectivity index (χ4n) is 6.34. The number of amides is 2. The van der Waals surface area contributed by atoms with Crippen LogP contribution in [0.2, 0.25) is 0 Å². The number of fused-ring (bicyclic) bond motifs is 3. The number of ketones is 2. The van der Waals surface area contributed by atoms with Crippen molar-refractivity contribution in [3.05, 3.63) is 123 Å². The molecule has 0 atom stereocenters. The standard InChI is InChI=1S/C38H28N6O16S4/c1-60-31-18-27(62(51,52)53)8-11-30(31)42-44-35-33(64(57,58)59)17-22-14-24(6-10-29(22)37(35)46)40-38(47)39-23-5-9-28-21(13-23)16-32(63(54,55)56)34(36(28)45)43-41-25-4-2-20-15-26(61(48,49)50)7-3-19(20)12-25/h2-18,41-42H,1H3,(H2,39,40,47)(H,48,49,50)(H,51,52,53)(H,54,55,56)(H,57,58,59)/b43-34-,44-35-. The second kappa shape index (κ2) is 16.5. The topological polar surface area (TPSA) is 351 Å². The van der Waals surface area contributed by atoms with Crippen LogP contribution in [0.5, 0.6) is 5.75 Å². The lowest BCUT2D eigenvalue weighted by Gasteiger charge is -2.18. The summed E-state index contributed by atoms with van der Waals surface area (Å²) < 4.78 is 140. The van der Waals surface area contributed by atoms with Crippen LogP contribution in [0.15, 0.2) is 121 Å². The molecule has 0 heterocycles. The molecule has 0 radical (unpaired) electrons. The van der Waals surface area contributed by atoms with E-state index in [1.54, 1.807) is 0 Å². The van der Waals surface area contributed by atoms with E-state index in [0.717, 1.165) is 43.5 Å². The molecular weight excluding hydrogens is 925 g/mol. The molecule has 22 nitrogen and oxygen atoms in total. The Morgan fingerprint density at radius 1 is 0.531 bits per heavy atom. The van der Waals surface area contributed by atoms with Gasteiger partial charge in [-0.3, -0.25) is 38.7 Å². The van der Waals surface area contributed by atoms with Crippen molar-refractivity contribution >= 4 is 115 Å². The quantitative estimate of drug-likeness (QED) is 0.0652. The highest BCUT2D eigenvalue weighted by molar-refractivity contribution is 7.91. The number of rotatable bonds is 11. The zero-order chi connectivity index (χ0) is 46.5. The smallest absolute Gasteiger partial charge is 0.323 e. The fraction of sp³-hybridized carbons (Fsp3) is 0.0263. The van der Waals surface area contributed by atoms with Gasteiger partial charge in [0.05, 0.1) is 28.3 Å². The second-order valence-corrected chi connectivity index (χ2v) is 19.1. The van der Waals surface area contributed by atoms with E-state index in [4.69, 9.17) is 4.74 Å². The number of hydrogen-bond donors (Lipinski definition) is 8. The van der Waals surface area contributed by atoms with Gasteiger partial charge in [-0.25, -0.2) is 4.79 Å². The number of nitrogens with zero attached hydrogens (tertiary/aromatic N) is 2. The van der Waals surface area contributed by atoms with E-state index in [-0.39, 0.29) is 55.6 Å². The zero-order valence-electron chi connectivity index (χ0n) is 32.0. The molecule has 5 aromatic carbocycles. The molecule has 2 amide bonds. The highest BCUT2D eigenvalue weighted by atomic mass is 32.2. The van der Waals surface area contributed by atoms with Crippen molar-refractivity contribution < 1.29 is 71.0 Å². The minimum Gasteiger partial charge on any atom is -0.494 e. The molecule has 330 valence electrons. The van der Waals surface area contributed by atoms with Gasteiger partial charge in [-0.2, -0.15) is 43.9 Å². The first-order valence-corrected chi connectivity index (χ1v) is 23.4. The molecule has 0 fully saturated rings. The van der Waals surface area contributed by atoms with Crippen molar-refractivity contribution in [3.8, 4) is 5.75 Å². The molecule has 8 N–H and O–H groups in total. The summed E-state index contributed by atoms with van der Waals surface area (Å²) in [4.78, 5) is 37.4. The van der Waals surface area contributed by atoms with Crippen molar-refractivity contribution in [1.29, 1.82) is 0 Å². The summed E-state index contributed by atoms with van der Waals surface area (Å²) in [6.07, 6.45) is 1.86. The van der Waals surface area contributed by atoms with Crippen LogP contribution in [-0.4, -0.2) is 88.0 Å². The second-order valence-electron chi connectivity index (χ2n) is 13.5. The SMILES string of the molecule is COc1cc(S(=O)(=O)O)ccc1N/N=C1\C(=O)c2ccc(NC(=O)Nc3ccc4c(c3)C=C(S(=O)(=O)O)/C(=N/Nc3ccc5cc(S(=O)(=O)O)ccc5c3)C4=O)cc2C=C1S(=O)(=O)O. The van der Waals surface area contributed by atoms with Gasteiger partial charge in [0, 0.05) is 28.6 Å². The average Bonchev–Trinajstić information content (AvgIpc) is 3.21. The first kappa shape index (κ1) is 44.9. The molecule has 0 spiro atoms. The van der Waals surface area contributed by atoms with Gasteiger partial charge in [0.15, 0.2) is 11.4 Å². The van der Waals surface area contributed by atoms with E-state index in [1.807, 2.05) is 0 Å². The molecule has 64 heavy (non-hydrogen) atoms. The first-order valence-electron chi connectivity index (χ1n) is 17.6. The summed E-state index contributed by atoms with van der Waals surface area (Å²) in [5.74, 6) is -2.08. The molecule has 0 aromatic heterocycles. The number of nitrogens with one attached hydrogen (secondary N) is 4. The molecule has 0 saturated heterocycles. The van der Waals surface area contributed by atoms with Crippen LogP contribution in [0.4, 0.5) is 27.5 Å². The monoisotopic (exact) mass is 952 g/mol. The number of carbonyl (C=O) groups is 3. The van der Waals surface area contributed by atoms with Crippen LogP contribution in [0.25, 0.3) is 22.9 Å². The predicted molar refractivity (Wildman–Crippen MR) is 232 cm³/mol. The average molecular weight is 953 g/mol. The summed E-state index contributed by atoms with van der Waals surface area (Å²) in [6.45, 7) is 0. The molecule has 0 saturated carbocycles. The van der Waals surface area contributed by atoms with E-state index < -0.39 is 84.2 Å². The summed E-state index contributed by atoms with van der Waals surface area (Å²) in [6, 6.07) is 17.8. The van der Waals surface area contributed by atoms with E-state index in [2.05, 4.69) is 31.7 Å². The maximum absolute atomic E-state index is 13.5. The lowest BCUT2D eigenvalue weighted by atomic mass is 9.94. The van der Waals surface area contributed by atoms with Crippen molar-refractivity contribution in [1.82, 2.24) is 0 Å². The number of Topliss-reactive ketones (excluding diaryl/α,β-unsaturated/α-hetero) is 2. The number of hydrogen-bond acceptors (Lipinski definition) is 16. The first-order chi connectivity index (χ1) is 29.9. The Kier molecular flexibility index (Phi) is 11.6. The van der Waals surface area contributed by atoms with Crippen LogP contribution < -0.4 is 26.2 Å². The largest absolute Gasteiger partial charge is 0.494 e. The van der Waals surface area contributed by atoms with Gasteiger partial charge in [-0.05, 0) is 107 Å². The molecular formula is C38H28N6O16S4. The van der Waals surface area contributed by atoms with Crippen LogP contribution >= 0.6 is 0 Å². The highest BCUT2D eigenvalue weighted by Crippen LogP contribution is 2.32. The minimum absolute atomic E-state index is 0.0153. The maximum Gasteiger partial charge on any atom is 0.323 e. The van der Waals surface area contributed by atoms with Gasteiger partial charge in [0.2, 0.25) is 11.6 Å². The number of carbonyl (C=O) groups excluding carboxylic acids is 3. The van der Waals surface area contributed by atoms with Gasteiger partial charge in [-0.1, -0.05) is 12.1 Å². The molecule has 0 bridgehead atoms. The number of urea groups is 1. The fourth-order valence-corrected chi connectivity index (χ4v) is 8.67. The Balaban J connectivity index is 1.09. The molecule has 0 aliphatic heterocycles. The van der Waals surface area contributed by atoms with Crippen molar-refractivity contribution in [2.24, 2.45) is 10.2 Å². The summed E-state index contributed by atoms with van der Waals surface area (Å²) in [5, 5.41) is 13.6. The van der Waals surface area contributed by atoms with Gasteiger partial charge >= 0.3 is 6.03 Å². The maximum atomic E-state index is 13.5. The Labute approximate surface area is 362 Å². The lowest BCUT2D eigenvalue weighted by molar-refractivity contribution is 0.105. The van der Waals surface area contributed by atoms with Crippen LogP contribution in [-0.2, 0) is 40.5 Å². The lowest BCUT2D eigenvalue weighted by Crippen LogP contribution is -2.27. The number of ether oxygens (including phenoxy) is 1. The third-order valence-corrected chi connectivity index (χ3v) is 12.7. The van der Waals surface area contributed by atoms with Gasteiger partial charge < -0.3 is 15.4 Å². The third-order valence-electron chi connectivity index (χ3n) is 9.30. The summed E-state index contributed by atoms with van der Waals surface area (Å²) in [7, 11) is -18.1. The number of anilines is 4. The summed E-state index contributed by atoms with van der Waals surface area (Å²) in [5.41, 5.74) is 3.41. The number of methoxy groups -OCH3 is 1.